The summed E-state index contributed by atoms with van der Waals surface area (Å²) in [5, 5.41) is 0. The number of aliphatic imine (C=N–C) groups is 1. The van der Waals surface area contributed by atoms with E-state index >= 15 is 0 Å². The van der Waals surface area contributed by atoms with Crippen LogP contribution in [0.5, 0.6) is 5.75 Å². The van der Waals surface area contributed by atoms with Crippen LogP contribution in [0.1, 0.15) is 50.8 Å². The molecule has 2 aliphatic rings. The number of ketones is 1. The van der Waals surface area contributed by atoms with E-state index in [0.717, 1.165) is 40.4 Å². The standard InChI is InChI=1S/C30H30N2O3/c1-20(33)32-26-12-8-7-11-24(26)31-25-17-30(2,3)18-27(34)28(25)29(32)22-13-15-23(16-14-22)35-19-21-9-5-4-6-10-21/h4-16,28-29H,17-19H2,1-3H3/t28?,29-/m0/s1. The van der Waals surface area contributed by atoms with Crippen LogP contribution >= 0.6 is 0 Å². The molecule has 1 aliphatic heterocycles. The van der Waals surface area contributed by atoms with E-state index in [0.29, 0.717) is 13.0 Å². The first kappa shape index (κ1) is 23.0. The first-order chi connectivity index (χ1) is 16.8. The second kappa shape index (κ2) is 9.14. The van der Waals surface area contributed by atoms with Gasteiger partial charge in [0.1, 0.15) is 18.1 Å². The molecule has 0 N–H and O–H groups in total. The van der Waals surface area contributed by atoms with Gasteiger partial charge < -0.3 is 9.64 Å². The molecule has 1 unspecified atom stereocenters. The minimum atomic E-state index is -0.476. The normalized spacial score (nSPS) is 20.8. The Kier molecular flexibility index (Phi) is 6.01. The van der Waals surface area contributed by atoms with Gasteiger partial charge in [-0.2, -0.15) is 0 Å². The topological polar surface area (TPSA) is 59.0 Å². The Bertz CT molecular complexity index is 1280. The van der Waals surface area contributed by atoms with Gasteiger partial charge in [-0.05, 0) is 47.2 Å². The van der Waals surface area contributed by atoms with Crippen LogP contribution in [-0.2, 0) is 16.2 Å². The fraction of sp³-hybridized carbons (Fsp3) is 0.300. The lowest BCUT2D eigenvalue weighted by Crippen LogP contribution is -2.46. The van der Waals surface area contributed by atoms with Gasteiger partial charge in [-0.1, -0.05) is 68.4 Å². The summed E-state index contributed by atoms with van der Waals surface area (Å²) in [6, 6.07) is 25.0. The third kappa shape index (κ3) is 4.63. The molecular weight excluding hydrogens is 436 g/mol. The van der Waals surface area contributed by atoms with Crippen molar-refractivity contribution in [2.75, 3.05) is 4.90 Å². The number of rotatable bonds is 4. The number of anilines is 1. The lowest BCUT2D eigenvalue weighted by molar-refractivity contribution is -0.124. The minimum absolute atomic E-state index is 0.110. The number of Topliss-reactive ketones (excluding diaryl/α,β-unsaturated/α-hetero) is 1. The van der Waals surface area contributed by atoms with E-state index in [-0.39, 0.29) is 17.1 Å². The molecule has 0 radical (unpaired) electrons. The van der Waals surface area contributed by atoms with Gasteiger partial charge in [0.2, 0.25) is 5.91 Å². The Morgan fingerprint density at radius 1 is 0.971 bits per heavy atom. The van der Waals surface area contributed by atoms with Crippen LogP contribution in [0, 0.1) is 11.3 Å². The van der Waals surface area contributed by atoms with Gasteiger partial charge in [-0.15, -0.1) is 0 Å². The fourth-order valence-corrected chi connectivity index (χ4v) is 5.32. The zero-order valence-electron chi connectivity index (χ0n) is 20.4. The van der Waals surface area contributed by atoms with Crippen molar-refractivity contribution in [3.8, 4) is 5.75 Å². The third-order valence-corrected chi connectivity index (χ3v) is 6.83. The molecule has 1 aliphatic carbocycles. The van der Waals surface area contributed by atoms with Crippen LogP contribution in [0.4, 0.5) is 11.4 Å². The van der Waals surface area contributed by atoms with Crippen molar-refractivity contribution < 1.29 is 14.3 Å². The monoisotopic (exact) mass is 466 g/mol. The van der Waals surface area contributed by atoms with Crippen LogP contribution in [0.25, 0.3) is 0 Å². The summed E-state index contributed by atoms with van der Waals surface area (Å²) < 4.78 is 5.97. The number of hydrogen-bond acceptors (Lipinski definition) is 4. The number of ether oxygens (including phenoxy) is 1. The van der Waals surface area contributed by atoms with Gasteiger partial charge in [0, 0.05) is 19.1 Å². The molecule has 1 saturated carbocycles. The van der Waals surface area contributed by atoms with Crippen molar-refractivity contribution in [1.82, 2.24) is 0 Å². The van der Waals surface area contributed by atoms with Crippen LogP contribution in [0.2, 0.25) is 0 Å². The maximum Gasteiger partial charge on any atom is 0.224 e. The lowest BCUT2D eigenvalue weighted by Gasteiger charge is -2.40. The van der Waals surface area contributed by atoms with Gasteiger partial charge >= 0.3 is 0 Å². The zero-order valence-corrected chi connectivity index (χ0v) is 20.4. The van der Waals surface area contributed by atoms with E-state index in [1.165, 1.54) is 0 Å². The average Bonchev–Trinajstić information content (AvgIpc) is 2.97. The molecule has 2 atom stereocenters. The number of fused-ring (bicyclic) bond motifs is 2. The van der Waals surface area contributed by atoms with E-state index in [9.17, 15) is 9.59 Å². The van der Waals surface area contributed by atoms with E-state index in [1.807, 2.05) is 78.9 Å². The molecule has 0 spiro atoms. The molecule has 1 heterocycles. The van der Waals surface area contributed by atoms with E-state index in [1.54, 1.807) is 11.8 Å². The fourth-order valence-electron chi connectivity index (χ4n) is 5.32. The van der Waals surface area contributed by atoms with Crippen molar-refractivity contribution in [2.24, 2.45) is 16.3 Å². The molecule has 1 fully saturated rings. The maximum absolute atomic E-state index is 13.6. The zero-order chi connectivity index (χ0) is 24.6. The van der Waals surface area contributed by atoms with Gasteiger partial charge in [0.25, 0.3) is 0 Å². The lowest BCUT2D eigenvalue weighted by atomic mass is 9.68. The quantitative estimate of drug-likeness (QED) is 0.444. The molecule has 178 valence electrons. The predicted octanol–water partition coefficient (Wildman–Crippen LogP) is 6.45. The van der Waals surface area contributed by atoms with Gasteiger partial charge in [-0.3, -0.25) is 14.6 Å². The minimum Gasteiger partial charge on any atom is -0.489 e. The molecule has 5 rings (SSSR count). The van der Waals surface area contributed by atoms with Crippen molar-refractivity contribution in [1.29, 1.82) is 0 Å². The summed E-state index contributed by atoms with van der Waals surface area (Å²) >= 11 is 0. The molecule has 0 aromatic heterocycles. The number of carbonyl (C=O) groups excluding carboxylic acids is 2. The van der Waals surface area contributed by atoms with Crippen LogP contribution < -0.4 is 9.64 Å². The Morgan fingerprint density at radius 2 is 1.66 bits per heavy atom. The summed E-state index contributed by atoms with van der Waals surface area (Å²) in [4.78, 5) is 33.4. The number of carbonyl (C=O) groups is 2. The maximum atomic E-state index is 13.6. The van der Waals surface area contributed by atoms with Gasteiger partial charge in [-0.25, -0.2) is 0 Å². The molecule has 35 heavy (non-hydrogen) atoms. The summed E-state index contributed by atoms with van der Waals surface area (Å²) in [6.07, 6.45) is 1.19. The molecule has 3 aromatic rings. The largest absolute Gasteiger partial charge is 0.489 e. The Balaban J connectivity index is 1.54. The predicted molar refractivity (Wildman–Crippen MR) is 138 cm³/mol. The molecule has 3 aromatic carbocycles. The molecular formula is C30H30N2O3. The SMILES string of the molecule is CC(=O)N1c2ccccc2N=C2CC(C)(C)CC(=O)C2[C@@H]1c1ccc(OCc2ccccc2)cc1. The molecule has 5 heteroatoms. The second-order valence-electron chi connectivity index (χ2n) is 10.2. The van der Waals surface area contributed by atoms with Crippen molar-refractivity contribution >= 4 is 28.8 Å². The average molecular weight is 467 g/mol. The third-order valence-electron chi connectivity index (χ3n) is 6.83. The summed E-state index contributed by atoms with van der Waals surface area (Å²) in [5.41, 5.74) is 4.16. The second-order valence-corrected chi connectivity index (χ2v) is 10.2. The Labute approximate surface area is 206 Å². The van der Waals surface area contributed by atoms with Gasteiger partial charge in [0.15, 0.2) is 0 Å². The number of amides is 1. The molecule has 0 bridgehead atoms. The van der Waals surface area contributed by atoms with Gasteiger partial charge in [0.05, 0.1) is 23.3 Å². The van der Waals surface area contributed by atoms with E-state index in [2.05, 4.69) is 13.8 Å². The summed E-state index contributed by atoms with van der Waals surface area (Å²) in [7, 11) is 0. The van der Waals surface area contributed by atoms with Crippen LogP contribution in [0.15, 0.2) is 83.9 Å². The molecule has 0 saturated heterocycles. The highest BCUT2D eigenvalue weighted by molar-refractivity contribution is 6.12. The Morgan fingerprint density at radius 3 is 2.37 bits per heavy atom. The highest BCUT2D eigenvalue weighted by Gasteiger charge is 2.47. The summed E-state index contributed by atoms with van der Waals surface area (Å²) in [5.74, 6) is 0.288. The highest BCUT2D eigenvalue weighted by atomic mass is 16.5. The number of benzene rings is 3. The van der Waals surface area contributed by atoms with Crippen molar-refractivity contribution in [3.63, 3.8) is 0 Å². The number of para-hydroxylation sites is 2. The molecule has 5 nitrogen and oxygen atoms in total. The first-order valence-electron chi connectivity index (χ1n) is 12.1. The van der Waals surface area contributed by atoms with Crippen molar-refractivity contribution in [2.45, 2.75) is 46.3 Å². The first-order valence-corrected chi connectivity index (χ1v) is 12.1. The number of hydrogen-bond donors (Lipinski definition) is 0. The molecule has 1 amide bonds. The van der Waals surface area contributed by atoms with Crippen molar-refractivity contribution in [3.05, 3.63) is 90.0 Å². The van der Waals surface area contributed by atoms with E-state index in [4.69, 9.17) is 9.73 Å². The Hall–Kier alpha value is -3.73. The van der Waals surface area contributed by atoms with Crippen LogP contribution in [-0.4, -0.2) is 17.4 Å². The summed E-state index contributed by atoms with van der Waals surface area (Å²) in [6.45, 7) is 6.25. The number of nitrogens with zero attached hydrogens (tertiary/aromatic N) is 2. The smallest absolute Gasteiger partial charge is 0.224 e. The van der Waals surface area contributed by atoms with Crippen LogP contribution in [0.3, 0.4) is 0 Å². The van der Waals surface area contributed by atoms with E-state index < -0.39 is 12.0 Å². The highest BCUT2D eigenvalue weighted by Crippen LogP contribution is 2.48.